The van der Waals surface area contributed by atoms with Crippen LogP contribution in [0.2, 0.25) is 0 Å². The van der Waals surface area contributed by atoms with Gasteiger partial charge in [0.05, 0.1) is 18.6 Å². The normalized spacial score (nSPS) is 22.2. The van der Waals surface area contributed by atoms with E-state index in [9.17, 15) is 13.2 Å². The molecule has 0 amide bonds. The third-order valence-electron chi connectivity index (χ3n) is 4.11. The third kappa shape index (κ3) is 5.11. The third-order valence-corrected chi connectivity index (χ3v) is 4.11. The Morgan fingerprint density at radius 3 is 2.00 bits per heavy atom. The fourth-order valence-electron chi connectivity index (χ4n) is 2.38. The van der Waals surface area contributed by atoms with E-state index in [0.717, 1.165) is 0 Å². The lowest BCUT2D eigenvalue weighted by Gasteiger charge is -2.31. The topological polar surface area (TPSA) is 43.2 Å². The number of halogens is 3. The molecule has 0 radical (unpaired) electrons. The first-order valence-corrected chi connectivity index (χ1v) is 8.51. The van der Waals surface area contributed by atoms with Gasteiger partial charge in [0.15, 0.2) is 0 Å². The fourth-order valence-corrected chi connectivity index (χ4v) is 2.38. The van der Waals surface area contributed by atoms with Gasteiger partial charge in [-0.25, -0.2) is 9.98 Å². The molecule has 0 aliphatic carbocycles. The zero-order valence-electron chi connectivity index (χ0n) is 15.4. The lowest BCUT2D eigenvalue weighted by molar-refractivity contribution is -0.214. The molecule has 1 heterocycles. The fraction of sp³-hybridized carbons (Fsp3) is 0.882. The van der Waals surface area contributed by atoms with Gasteiger partial charge in [0.1, 0.15) is 12.1 Å². The van der Waals surface area contributed by atoms with Crippen LogP contribution in [0, 0.1) is 11.3 Å². The number of hydrogen-bond acceptors (Lipinski definition) is 4. The summed E-state index contributed by atoms with van der Waals surface area (Å²) in [5, 5.41) is 0. The maximum absolute atomic E-state index is 13.1. The Morgan fingerprint density at radius 2 is 1.54 bits per heavy atom. The van der Waals surface area contributed by atoms with Crippen LogP contribution in [0.4, 0.5) is 13.2 Å². The number of alkyl halides is 3. The van der Waals surface area contributed by atoms with Crippen LogP contribution in [-0.2, 0) is 9.47 Å². The second-order valence-corrected chi connectivity index (χ2v) is 6.93. The Kier molecular flexibility index (Phi) is 7.10. The molecule has 0 spiro atoms. The Hall–Kier alpha value is -1.27. The van der Waals surface area contributed by atoms with Gasteiger partial charge in [0.25, 0.3) is 0 Å². The van der Waals surface area contributed by atoms with Crippen molar-refractivity contribution in [2.75, 3.05) is 13.2 Å². The largest absolute Gasteiger partial charge is 0.480 e. The molecule has 0 aromatic heterocycles. The van der Waals surface area contributed by atoms with Crippen molar-refractivity contribution in [1.82, 2.24) is 0 Å². The average molecular weight is 350 g/mol. The van der Waals surface area contributed by atoms with Crippen molar-refractivity contribution >= 4 is 11.8 Å². The molecule has 0 bridgehead atoms. The summed E-state index contributed by atoms with van der Waals surface area (Å²) in [6.07, 6.45) is -4.09. The van der Waals surface area contributed by atoms with Gasteiger partial charge >= 0.3 is 6.18 Å². The predicted molar refractivity (Wildman–Crippen MR) is 89.6 cm³/mol. The van der Waals surface area contributed by atoms with Crippen LogP contribution in [0.1, 0.15) is 54.4 Å². The maximum atomic E-state index is 13.1. The van der Waals surface area contributed by atoms with Gasteiger partial charge < -0.3 is 9.47 Å². The number of ether oxygens (including phenoxy) is 2. The molecular weight excluding hydrogens is 321 g/mol. The van der Waals surface area contributed by atoms with E-state index in [2.05, 4.69) is 9.98 Å². The van der Waals surface area contributed by atoms with Crippen molar-refractivity contribution in [1.29, 1.82) is 0 Å². The highest BCUT2D eigenvalue weighted by Gasteiger charge is 2.47. The molecule has 140 valence electrons. The molecule has 1 rings (SSSR count). The Bertz CT molecular complexity index is 471. The van der Waals surface area contributed by atoms with Crippen molar-refractivity contribution in [3.63, 3.8) is 0 Å². The van der Waals surface area contributed by atoms with Crippen LogP contribution in [0.25, 0.3) is 0 Å². The zero-order chi connectivity index (χ0) is 18.5. The zero-order valence-corrected chi connectivity index (χ0v) is 15.4. The van der Waals surface area contributed by atoms with E-state index in [1.165, 1.54) is 13.8 Å². The summed E-state index contributed by atoms with van der Waals surface area (Å²) in [6, 6.07) is -0.776. The van der Waals surface area contributed by atoms with Crippen LogP contribution in [0.15, 0.2) is 9.98 Å². The molecular formula is C17H29F3N2O2. The molecule has 0 saturated heterocycles. The minimum Gasteiger partial charge on any atom is -0.480 e. The summed E-state index contributed by atoms with van der Waals surface area (Å²) >= 11 is 0. The summed E-state index contributed by atoms with van der Waals surface area (Å²) < 4.78 is 50.4. The molecule has 1 aliphatic rings. The van der Waals surface area contributed by atoms with Gasteiger partial charge in [0, 0.05) is 0 Å². The maximum Gasteiger partial charge on any atom is 0.393 e. The predicted octanol–water partition coefficient (Wildman–Crippen LogP) is 4.63. The molecule has 0 fully saturated rings. The van der Waals surface area contributed by atoms with Crippen LogP contribution < -0.4 is 0 Å². The number of rotatable bonds is 6. The first kappa shape index (κ1) is 20.8. The molecule has 4 nitrogen and oxygen atoms in total. The number of aliphatic imine (C=N–C) groups is 2. The highest BCUT2D eigenvalue weighted by Crippen LogP contribution is 2.41. The molecule has 7 heteroatoms. The smallest absolute Gasteiger partial charge is 0.393 e. The van der Waals surface area contributed by atoms with E-state index in [1.54, 1.807) is 0 Å². The van der Waals surface area contributed by atoms with Crippen LogP contribution in [-0.4, -0.2) is 43.3 Å². The highest BCUT2D eigenvalue weighted by atomic mass is 19.4. The van der Waals surface area contributed by atoms with Gasteiger partial charge in [-0.1, -0.05) is 27.7 Å². The standard InChI is InChI=1S/C17H29F3N2O2/c1-7-23-14-12(9-10-16(5,6)17(18,19)20)21-15(24-8-2)13(22-14)11(3)4/h11-13H,7-10H2,1-6H3/t12-,13+/m0/s1. The Balaban J connectivity index is 2.98. The molecule has 2 atom stereocenters. The summed E-state index contributed by atoms with van der Waals surface area (Å²) in [6.45, 7) is 10.9. The van der Waals surface area contributed by atoms with Gasteiger partial charge in [-0.3, -0.25) is 0 Å². The van der Waals surface area contributed by atoms with E-state index < -0.39 is 17.6 Å². The molecule has 24 heavy (non-hydrogen) atoms. The van der Waals surface area contributed by atoms with Crippen molar-refractivity contribution in [2.24, 2.45) is 21.3 Å². The summed E-state index contributed by atoms with van der Waals surface area (Å²) in [5.41, 5.74) is -1.78. The Labute approximate surface area is 142 Å². The van der Waals surface area contributed by atoms with Gasteiger partial charge in [-0.15, -0.1) is 0 Å². The lowest BCUT2D eigenvalue weighted by atomic mass is 9.85. The molecule has 0 aromatic rings. The first-order chi connectivity index (χ1) is 11.0. The van der Waals surface area contributed by atoms with E-state index in [0.29, 0.717) is 25.0 Å². The average Bonchev–Trinajstić information content (AvgIpc) is 2.46. The number of nitrogens with zero attached hydrogens (tertiary/aromatic N) is 2. The highest BCUT2D eigenvalue weighted by molar-refractivity contribution is 5.94. The summed E-state index contributed by atoms with van der Waals surface area (Å²) in [7, 11) is 0. The molecule has 0 aromatic carbocycles. The van der Waals surface area contributed by atoms with Crippen LogP contribution in [0.5, 0.6) is 0 Å². The van der Waals surface area contributed by atoms with Crippen molar-refractivity contribution in [3.8, 4) is 0 Å². The SMILES string of the molecule is CCOC1=N[C@H](C(C)C)C(OCC)=N[C@H]1CCC(C)(C)C(F)(F)F. The van der Waals surface area contributed by atoms with Gasteiger partial charge in [-0.2, -0.15) is 13.2 Å². The second kappa shape index (κ2) is 8.21. The van der Waals surface area contributed by atoms with E-state index >= 15 is 0 Å². The lowest BCUT2D eigenvalue weighted by Crippen LogP contribution is -2.39. The molecule has 0 saturated carbocycles. The summed E-state index contributed by atoms with van der Waals surface area (Å²) in [5.74, 6) is 1.07. The minimum atomic E-state index is -4.25. The first-order valence-electron chi connectivity index (χ1n) is 8.51. The molecule has 0 N–H and O–H groups in total. The van der Waals surface area contributed by atoms with E-state index in [-0.39, 0.29) is 24.8 Å². The summed E-state index contributed by atoms with van der Waals surface area (Å²) in [4.78, 5) is 9.10. The van der Waals surface area contributed by atoms with Crippen LogP contribution in [0.3, 0.4) is 0 Å². The molecule has 0 unspecified atom stereocenters. The minimum absolute atomic E-state index is 0.0531. The van der Waals surface area contributed by atoms with Crippen molar-refractivity contribution < 1.29 is 22.6 Å². The molecule has 1 aliphatic heterocycles. The number of hydrogen-bond donors (Lipinski definition) is 0. The Morgan fingerprint density at radius 1 is 1.00 bits per heavy atom. The van der Waals surface area contributed by atoms with Crippen LogP contribution >= 0.6 is 0 Å². The van der Waals surface area contributed by atoms with E-state index in [4.69, 9.17) is 9.47 Å². The van der Waals surface area contributed by atoms with Gasteiger partial charge in [0.2, 0.25) is 11.8 Å². The second-order valence-electron chi connectivity index (χ2n) is 6.93. The van der Waals surface area contributed by atoms with E-state index in [1.807, 2.05) is 27.7 Å². The van der Waals surface area contributed by atoms with Gasteiger partial charge in [-0.05, 0) is 32.6 Å². The van der Waals surface area contributed by atoms with Crippen molar-refractivity contribution in [3.05, 3.63) is 0 Å². The van der Waals surface area contributed by atoms with Crippen molar-refractivity contribution in [2.45, 2.75) is 72.6 Å². The monoisotopic (exact) mass is 350 g/mol. The quantitative estimate of drug-likeness (QED) is 0.701.